The summed E-state index contributed by atoms with van der Waals surface area (Å²) in [5.41, 5.74) is 6.20. The van der Waals surface area contributed by atoms with E-state index in [1.165, 1.54) is 0 Å². The zero-order valence-electron chi connectivity index (χ0n) is 9.40. The van der Waals surface area contributed by atoms with Gasteiger partial charge < -0.3 is 10.5 Å². The fraction of sp³-hybridized carbons (Fsp3) is 0.455. The van der Waals surface area contributed by atoms with Gasteiger partial charge in [-0.25, -0.2) is 0 Å². The number of hydrogen-bond donors (Lipinski definition) is 1. The van der Waals surface area contributed by atoms with Crippen molar-refractivity contribution in [1.82, 2.24) is 0 Å². The molecule has 1 aromatic carbocycles. The lowest BCUT2D eigenvalue weighted by atomic mass is 10.3. The van der Waals surface area contributed by atoms with Crippen molar-refractivity contribution in [3.8, 4) is 0 Å². The van der Waals surface area contributed by atoms with Crippen LogP contribution in [0.4, 0.5) is 5.69 Å². The van der Waals surface area contributed by atoms with E-state index in [0.717, 1.165) is 0 Å². The summed E-state index contributed by atoms with van der Waals surface area (Å²) in [6, 6.07) is 5.00. The third-order valence-electron chi connectivity index (χ3n) is 1.94. The van der Waals surface area contributed by atoms with E-state index in [1.54, 1.807) is 18.2 Å². The minimum absolute atomic E-state index is 0.152. The summed E-state index contributed by atoms with van der Waals surface area (Å²) < 4.78 is 17.2. The van der Waals surface area contributed by atoms with Crippen LogP contribution in [0.25, 0.3) is 0 Å². The fourth-order valence-electron chi connectivity index (χ4n) is 1.20. The fourth-order valence-corrected chi connectivity index (χ4v) is 2.39. The summed E-state index contributed by atoms with van der Waals surface area (Å²) >= 11 is 5.76. The van der Waals surface area contributed by atoms with Gasteiger partial charge in [-0.15, -0.1) is 0 Å². The zero-order chi connectivity index (χ0) is 12.1. The number of halogens is 1. The van der Waals surface area contributed by atoms with E-state index in [0.29, 0.717) is 28.0 Å². The van der Waals surface area contributed by atoms with Crippen molar-refractivity contribution in [2.45, 2.75) is 24.8 Å². The number of nitrogen functional groups attached to an aromatic ring is 1. The molecule has 2 N–H and O–H groups in total. The molecular formula is C11H16ClNO2S. The maximum Gasteiger partial charge on any atom is 0.0619 e. The van der Waals surface area contributed by atoms with E-state index < -0.39 is 10.8 Å². The number of ether oxygens (including phenoxy) is 1. The van der Waals surface area contributed by atoms with Crippen molar-refractivity contribution in [1.29, 1.82) is 0 Å². The van der Waals surface area contributed by atoms with Crippen LogP contribution in [-0.4, -0.2) is 22.7 Å². The van der Waals surface area contributed by atoms with Gasteiger partial charge in [0.2, 0.25) is 0 Å². The molecule has 0 saturated heterocycles. The van der Waals surface area contributed by atoms with Crippen LogP contribution in [0.3, 0.4) is 0 Å². The Bertz CT molecular complexity index is 382. The molecule has 1 rings (SSSR count). The molecule has 0 fully saturated rings. The molecule has 0 spiro atoms. The molecule has 1 atom stereocenters. The number of nitrogens with two attached hydrogens (primary N) is 1. The first-order chi connectivity index (χ1) is 7.50. The van der Waals surface area contributed by atoms with Gasteiger partial charge in [-0.3, -0.25) is 4.21 Å². The Morgan fingerprint density at radius 1 is 1.50 bits per heavy atom. The van der Waals surface area contributed by atoms with Gasteiger partial charge in [0.25, 0.3) is 0 Å². The first kappa shape index (κ1) is 13.5. The van der Waals surface area contributed by atoms with Gasteiger partial charge in [-0.1, -0.05) is 11.6 Å². The second-order valence-corrected chi connectivity index (χ2v) is 5.63. The summed E-state index contributed by atoms with van der Waals surface area (Å²) in [6.45, 7) is 4.35. The van der Waals surface area contributed by atoms with Crippen LogP contribution >= 0.6 is 11.6 Å². The van der Waals surface area contributed by atoms with Crippen molar-refractivity contribution in [3.63, 3.8) is 0 Å². The normalized spacial score (nSPS) is 13.0. The molecule has 90 valence electrons. The molecule has 0 bridgehead atoms. The third-order valence-corrected chi connectivity index (χ3v) is 3.57. The van der Waals surface area contributed by atoms with Gasteiger partial charge in [-0.2, -0.15) is 0 Å². The molecule has 0 aliphatic heterocycles. The molecule has 0 aliphatic rings. The van der Waals surface area contributed by atoms with Crippen LogP contribution in [0.5, 0.6) is 0 Å². The van der Waals surface area contributed by atoms with Gasteiger partial charge in [0.15, 0.2) is 0 Å². The van der Waals surface area contributed by atoms with Gasteiger partial charge in [0.1, 0.15) is 0 Å². The average molecular weight is 262 g/mol. The zero-order valence-corrected chi connectivity index (χ0v) is 11.0. The predicted octanol–water partition coefficient (Wildman–Crippen LogP) is 2.45. The smallest absolute Gasteiger partial charge is 0.0619 e. The lowest BCUT2D eigenvalue weighted by molar-refractivity contribution is 0.0916. The minimum Gasteiger partial charge on any atom is -0.398 e. The minimum atomic E-state index is -1.13. The van der Waals surface area contributed by atoms with Crippen molar-refractivity contribution >= 4 is 28.1 Å². The Morgan fingerprint density at radius 2 is 2.19 bits per heavy atom. The average Bonchev–Trinajstić information content (AvgIpc) is 2.16. The molecule has 0 aromatic heterocycles. The quantitative estimate of drug-likeness (QED) is 0.829. The summed E-state index contributed by atoms with van der Waals surface area (Å²) in [7, 11) is -1.13. The van der Waals surface area contributed by atoms with Gasteiger partial charge in [-0.05, 0) is 32.0 Å². The van der Waals surface area contributed by atoms with Crippen LogP contribution in [0.15, 0.2) is 23.1 Å². The Labute approximate surface area is 103 Å². The number of anilines is 1. The number of rotatable bonds is 5. The highest BCUT2D eigenvalue weighted by Crippen LogP contribution is 2.21. The van der Waals surface area contributed by atoms with E-state index in [2.05, 4.69) is 0 Å². The maximum atomic E-state index is 11.9. The lowest BCUT2D eigenvalue weighted by Crippen LogP contribution is -2.11. The summed E-state index contributed by atoms with van der Waals surface area (Å²) in [4.78, 5) is 0.622. The largest absolute Gasteiger partial charge is 0.398 e. The summed E-state index contributed by atoms with van der Waals surface area (Å²) in [5.74, 6) is 0.448. The molecule has 0 heterocycles. The van der Waals surface area contributed by atoms with Crippen LogP contribution in [0.1, 0.15) is 13.8 Å². The maximum absolute atomic E-state index is 11.9. The van der Waals surface area contributed by atoms with Gasteiger partial charge in [0, 0.05) is 10.7 Å². The Balaban J connectivity index is 2.59. The highest BCUT2D eigenvalue weighted by atomic mass is 35.5. The van der Waals surface area contributed by atoms with Crippen molar-refractivity contribution in [2.24, 2.45) is 0 Å². The molecule has 0 radical (unpaired) electrons. The monoisotopic (exact) mass is 261 g/mol. The molecular weight excluding hydrogens is 246 g/mol. The standard InChI is InChI=1S/C11H16ClNO2S/c1-8(2)15-5-6-16(14)11-4-3-9(12)7-10(11)13/h3-4,7-8H,5-6,13H2,1-2H3. The van der Waals surface area contributed by atoms with E-state index in [4.69, 9.17) is 22.1 Å². The predicted molar refractivity (Wildman–Crippen MR) is 68.2 cm³/mol. The van der Waals surface area contributed by atoms with Gasteiger partial charge >= 0.3 is 0 Å². The van der Waals surface area contributed by atoms with E-state index in [-0.39, 0.29) is 6.10 Å². The van der Waals surface area contributed by atoms with E-state index in [9.17, 15) is 4.21 Å². The molecule has 0 saturated carbocycles. The van der Waals surface area contributed by atoms with E-state index >= 15 is 0 Å². The SMILES string of the molecule is CC(C)OCCS(=O)c1ccc(Cl)cc1N. The third kappa shape index (κ3) is 4.12. The Hall–Kier alpha value is -0.580. The van der Waals surface area contributed by atoms with Crippen molar-refractivity contribution < 1.29 is 8.95 Å². The van der Waals surface area contributed by atoms with Gasteiger partial charge in [0.05, 0.1) is 34.2 Å². The molecule has 0 aliphatic carbocycles. The highest BCUT2D eigenvalue weighted by Gasteiger charge is 2.08. The molecule has 5 heteroatoms. The van der Waals surface area contributed by atoms with Crippen molar-refractivity contribution in [3.05, 3.63) is 23.2 Å². The topological polar surface area (TPSA) is 52.3 Å². The Kier molecular flexibility index (Phi) is 5.25. The van der Waals surface area contributed by atoms with Crippen molar-refractivity contribution in [2.75, 3.05) is 18.1 Å². The van der Waals surface area contributed by atoms with E-state index in [1.807, 2.05) is 13.8 Å². The van der Waals surface area contributed by atoms with Crippen LogP contribution in [-0.2, 0) is 15.5 Å². The number of benzene rings is 1. The first-order valence-corrected chi connectivity index (χ1v) is 6.75. The summed E-state index contributed by atoms with van der Waals surface area (Å²) in [5, 5.41) is 0.552. The lowest BCUT2D eigenvalue weighted by Gasteiger charge is -2.08. The molecule has 1 unspecified atom stereocenters. The molecule has 0 amide bonds. The first-order valence-electron chi connectivity index (χ1n) is 5.05. The number of hydrogen-bond acceptors (Lipinski definition) is 3. The molecule has 1 aromatic rings. The second kappa shape index (κ2) is 6.23. The van der Waals surface area contributed by atoms with Crippen LogP contribution in [0, 0.1) is 0 Å². The van der Waals surface area contributed by atoms with Crippen LogP contribution in [0.2, 0.25) is 5.02 Å². The second-order valence-electron chi connectivity index (χ2n) is 3.65. The Morgan fingerprint density at radius 3 is 2.75 bits per heavy atom. The van der Waals surface area contributed by atoms with Crippen LogP contribution < -0.4 is 5.73 Å². The molecule has 16 heavy (non-hydrogen) atoms. The summed E-state index contributed by atoms with van der Waals surface area (Å²) in [6.07, 6.45) is 0.152. The highest BCUT2D eigenvalue weighted by molar-refractivity contribution is 7.85. The molecule has 3 nitrogen and oxygen atoms in total.